The molecule has 0 spiro atoms. The van der Waals surface area contributed by atoms with Crippen molar-refractivity contribution >= 4 is 11.9 Å². The Balaban J connectivity index is 3.44. The van der Waals surface area contributed by atoms with E-state index in [4.69, 9.17) is 4.74 Å². The number of esters is 1. The minimum absolute atomic E-state index is 0.000473. The van der Waals surface area contributed by atoms with Crippen LogP contribution in [0.15, 0.2) is 12.2 Å². The summed E-state index contributed by atoms with van der Waals surface area (Å²) in [5.74, 6) is -0.0782. The third-order valence-electron chi connectivity index (χ3n) is 12.3. The minimum Gasteiger partial charge on any atom is -0.466 e. The molecule has 2 unspecified atom stereocenters. The number of hydrogen-bond donors (Lipinski definition) is 3. The van der Waals surface area contributed by atoms with Gasteiger partial charge in [-0.1, -0.05) is 257 Å². The van der Waals surface area contributed by atoms with Crippen molar-refractivity contribution in [3.05, 3.63) is 12.2 Å². The van der Waals surface area contributed by atoms with Gasteiger partial charge in [0.15, 0.2) is 0 Å². The molecule has 6 heteroatoms. The summed E-state index contributed by atoms with van der Waals surface area (Å²) in [4.78, 5) is 24.5. The van der Waals surface area contributed by atoms with Crippen LogP contribution in [-0.4, -0.2) is 47.4 Å². The zero-order valence-electron chi connectivity index (χ0n) is 39.7. The molecule has 0 aromatic heterocycles. The monoisotopic (exact) mass is 834 g/mol. The molecule has 1 amide bonds. The molecular formula is C53H103NO5. The largest absolute Gasteiger partial charge is 0.466 e. The van der Waals surface area contributed by atoms with E-state index in [0.29, 0.717) is 19.4 Å². The highest BCUT2D eigenvalue weighted by molar-refractivity contribution is 5.76. The molecule has 0 saturated heterocycles. The second-order valence-corrected chi connectivity index (χ2v) is 18.2. The van der Waals surface area contributed by atoms with Crippen molar-refractivity contribution in [2.24, 2.45) is 0 Å². The second kappa shape index (κ2) is 49.3. The van der Waals surface area contributed by atoms with E-state index in [-0.39, 0.29) is 18.5 Å². The molecule has 6 nitrogen and oxygen atoms in total. The number of carbonyl (C=O) groups is 2. The normalized spacial score (nSPS) is 12.7. The van der Waals surface area contributed by atoms with Crippen LogP contribution in [0.1, 0.15) is 290 Å². The fourth-order valence-corrected chi connectivity index (χ4v) is 8.22. The van der Waals surface area contributed by atoms with Gasteiger partial charge < -0.3 is 20.3 Å². The van der Waals surface area contributed by atoms with Crippen molar-refractivity contribution < 1.29 is 24.5 Å². The highest BCUT2D eigenvalue weighted by atomic mass is 16.5. The number of carbonyl (C=O) groups excluding carboxylic acids is 2. The summed E-state index contributed by atoms with van der Waals surface area (Å²) >= 11 is 0. The van der Waals surface area contributed by atoms with Gasteiger partial charge in [-0.3, -0.25) is 9.59 Å². The van der Waals surface area contributed by atoms with Crippen LogP contribution >= 0.6 is 0 Å². The van der Waals surface area contributed by atoms with E-state index in [1.54, 1.807) is 6.08 Å². The first-order valence-electron chi connectivity index (χ1n) is 26.5. The second-order valence-electron chi connectivity index (χ2n) is 18.2. The van der Waals surface area contributed by atoms with Crippen molar-refractivity contribution in [3.8, 4) is 0 Å². The lowest BCUT2D eigenvalue weighted by atomic mass is 10.0. The van der Waals surface area contributed by atoms with E-state index in [2.05, 4.69) is 19.2 Å². The molecular weight excluding hydrogens is 731 g/mol. The van der Waals surface area contributed by atoms with E-state index < -0.39 is 12.1 Å². The lowest BCUT2D eigenvalue weighted by molar-refractivity contribution is -0.143. The molecule has 0 aliphatic rings. The topological polar surface area (TPSA) is 95.9 Å². The van der Waals surface area contributed by atoms with Crippen LogP contribution in [0.4, 0.5) is 0 Å². The van der Waals surface area contributed by atoms with E-state index in [1.807, 2.05) is 6.08 Å². The summed E-state index contributed by atoms with van der Waals surface area (Å²) < 4.78 is 5.47. The van der Waals surface area contributed by atoms with Crippen LogP contribution in [0, 0.1) is 0 Å². The van der Waals surface area contributed by atoms with E-state index in [9.17, 15) is 19.8 Å². The Kier molecular flexibility index (Phi) is 48.1. The number of unbranched alkanes of at least 4 members (excludes halogenated alkanes) is 38. The van der Waals surface area contributed by atoms with Gasteiger partial charge in [0.1, 0.15) is 0 Å². The van der Waals surface area contributed by atoms with Crippen LogP contribution in [0.5, 0.6) is 0 Å². The molecule has 0 bridgehead atoms. The molecule has 59 heavy (non-hydrogen) atoms. The minimum atomic E-state index is -0.849. The number of amides is 1. The first kappa shape index (κ1) is 57.6. The maximum atomic E-state index is 12.4. The third-order valence-corrected chi connectivity index (χ3v) is 12.3. The van der Waals surface area contributed by atoms with Crippen molar-refractivity contribution in [3.63, 3.8) is 0 Å². The van der Waals surface area contributed by atoms with Crippen LogP contribution < -0.4 is 5.32 Å². The Hall–Kier alpha value is -1.40. The van der Waals surface area contributed by atoms with Gasteiger partial charge in [-0.25, -0.2) is 0 Å². The standard InChI is InChI=1S/C53H103NO5/c1-3-5-7-9-11-13-15-17-18-23-27-31-35-39-43-47-53(58)59-48-44-40-36-32-28-24-20-19-22-26-30-34-38-42-46-52(57)54-50(49-55)51(56)45-41-37-33-29-25-21-16-14-12-10-8-6-4-2/h41,45,50-51,55-56H,3-40,42-44,46-49H2,1-2H3,(H,54,57)/b45-41+. The molecule has 0 aromatic carbocycles. The van der Waals surface area contributed by atoms with Crippen LogP contribution in [0.3, 0.4) is 0 Å². The molecule has 0 fully saturated rings. The molecule has 0 aliphatic carbocycles. The fourth-order valence-electron chi connectivity index (χ4n) is 8.22. The lowest BCUT2D eigenvalue weighted by Crippen LogP contribution is -2.45. The smallest absolute Gasteiger partial charge is 0.305 e. The fraction of sp³-hybridized carbons (Fsp3) is 0.925. The Labute approximate surface area is 368 Å². The molecule has 0 saturated carbocycles. The van der Waals surface area contributed by atoms with Gasteiger partial charge in [0.25, 0.3) is 0 Å². The van der Waals surface area contributed by atoms with Crippen LogP contribution in [0.2, 0.25) is 0 Å². The van der Waals surface area contributed by atoms with Gasteiger partial charge in [-0.05, 0) is 32.1 Å². The predicted octanol–water partition coefficient (Wildman–Crippen LogP) is 15.7. The van der Waals surface area contributed by atoms with Crippen LogP contribution in [0.25, 0.3) is 0 Å². The number of aliphatic hydroxyl groups excluding tert-OH is 2. The molecule has 0 heterocycles. The van der Waals surface area contributed by atoms with Crippen molar-refractivity contribution in [1.29, 1.82) is 0 Å². The Morgan fingerprint density at radius 2 is 0.780 bits per heavy atom. The molecule has 0 aromatic rings. The highest BCUT2D eigenvalue weighted by Gasteiger charge is 2.18. The summed E-state index contributed by atoms with van der Waals surface area (Å²) in [5.41, 5.74) is 0. The zero-order valence-corrected chi connectivity index (χ0v) is 39.7. The first-order chi connectivity index (χ1) is 29.0. The average molecular weight is 834 g/mol. The van der Waals surface area contributed by atoms with Gasteiger partial charge >= 0.3 is 5.97 Å². The Morgan fingerprint density at radius 3 is 1.15 bits per heavy atom. The summed E-state index contributed by atoms with van der Waals surface area (Å²) in [6, 6.07) is -0.633. The Bertz CT molecular complexity index is 878. The number of allylic oxidation sites excluding steroid dienone is 1. The molecule has 2 atom stereocenters. The number of aliphatic hydroxyl groups is 2. The Morgan fingerprint density at radius 1 is 0.458 bits per heavy atom. The van der Waals surface area contributed by atoms with Crippen molar-refractivity contribution in [2.45, 2.75) is 302 Å². The zero-order chi connectivity index (χ0) is 43.0. The number of nitrogens with one attached hydrogen (secondary N) is 1. The molecule has 350 valence electrons. The lowest BCUT2D eigenvalue weighted by Gasteiger charge is -2.20. The van der Waals surface area contributed by atoms with Crippen molar-refractivity contribution in [2.75, 3.05) is 13.2 Å². The van der Waals surface area contributed by atoms with Crippen molar-refractivity contribution in [1.82, 2.24) is 5.32 Å². The average Bonchev–Trinajstić information content (AvgIpc) is 3.24. The first-order valence-corrected chi connectivity index (χ1v) is 26.5. The molecule has 3 N–H and O–H groups in total. The number of ether oxygens (including phenoxy) is 1. The van der Waals surface area contributed by atoms with Gasteiger partial charge in [0, 0.05) is 12.8 Å². The van der Waals surface area contributed by atoms with Gasteiger partial charge in [0.2, 0.25) is 5.91 Å². The maximum absolute atomic E-state index is 12.4. The number of rotatable bonds is 49. The van der Waals surface area contributed by atoms with E-state index in [0.717, 1.165) is 57.8 Å². The van der Waals surface area contributed by atoms with Crippen LogP contribution in [-0.2, 0) is 14.3 Å². The van der Waals surface area contributed by atoms with Gasteiger partial charge in [0.05, 0.1) is 25.4 Å². The predicted molar refractivity (Wildman–Crippen MR) is 255 cm³/mol. The maximum Gasteiger partial charge on any atom is 0.305 e. The molecule has 0 aliphatic heterocycles. The quantitative estimate of drug-likeness (QED) is 0.0322. The summed E-state index contributed by atoms with van der Waals surface area (Å²) in [5, 5.41) is 23.0. The summed E-state index contributed by atoms with van der Waals surface area (Å²) in [7, 11) is 0. The van der Waals surface area contributed by atoms with E-state index >= 15 is 0 Å². The highest BCUT2D eigenvalue weighted by Crippen LogP contribution is 2.16. The molecule has 0 radical (unpaired) electrons. The SMILES string of the molecule is CCCCCCCCCCCCC/C=C/C(O)C(CO)NC(=O)CCCCCCCCCCCCCCCCOC(=O)CCCCCCCCCCCCCCCCC. The molecule has 0 rings (SSSR count). The van der Waals surface area contributed by atoms with Gasteiger partial charge in [-0.2, -0.15) is 0 Å². The van der Waals surface area contributed by atoms with E-state index in [1.165, 1.54) is 205 Å². The van der Waals surface area contributed by atoms with Gasteiger partial charge in [-0.15, -0.1) is 0 Å². The summed E-state index contributed by atoms with van der Waals surface area (Å²) in [6.07, 6.45) is 56.4. The number of hydrogen-bond acceptors (Lipinski definition) is 5. The third kappa shape index (κ3) is 45.9. The summed E-state index contributed by atoms with van der Waals surface area (Å²) in [6.45, 7) is 4.89.